The number of hydrogen-bond acceptors (Lipinski definition) is 4. The highest BCUT2D eigenvalue weighted by atomic mass is 35.5. The first kappa shape index (κ1) is 29.2. The number of amides is 2. The maximum atomic E-state index is 13.9. The van der Waals surface area contributed by atoms with E-state index >= 15 is 0 Å². The van der Waals surface area contributed by atoms with Crippen LogP contribution in [0.5, 0.6) is 0 Å². The van der Waals surface area contributed by atoms with Gasteiger partial charge in [0, 0.05) is 18.6 Å². The topological polar surface area (TPSA) is 86.8 Å². The van der Waals surface area contributed by atoms with E-state index in [0.29, 0.717) is 17.1 Å². The number of anilines is 1. The minimum Gasteiger partial charge on any atom is -0.357 e. The van der Waals surface area contributed by atoms with Crippen molar-refractivity contribution in [2.75, 3.05) is 17.9 Å². The molecule has 7 nitrogen and oxygen atoms in total. The van der Waals surface area contributed by atoms with Crippen molar-refractivity contribution < 1.29 is 18.0 Å². The molecule has 1 atom stereocenters. The third-order valence-electron chi connectivity index (χ3n) is 6.41. The Hall–Kier alpha value is -3.36. The van der Waals surface area contributed by atoms with Crippen molar-refractivity contribution in [2.24, 2.45) is 0 Å². The Morgan fingerprint density at radius 3 is 2.08 bits per heavy atom. The molecule has 0 saturated heterocycles. The number of rotatable bonds is 10. The van der Waals surface area contributed by atoms with Gasteiger partial charge in [0.05, 0.1) is 10.6 Å². The number of carbonyl (C=O) groups is 2. The van der Waals surface area contributed by atoms with Crippen LogP contribution in [0.3, 0.4) is 0 Å². The van der Waals surface area contributed by atoms with E-state index in [-0.39, 0.29) is 17.3 Å². The summed E-state index contributed by atoms with van der Waals surface area (Å²) in [7, 11) is -2.59. The smallest absolute Gasteiger partial charge is 0.264 e. The molecule has 0 saturated carbocycles. The summed E-state index contributed by atoms with van der Waals surface area (Å²) in [4.78, 5) is 28.2. The largest absolute Gasteiger partial charge is 0.357 e. The van der Waals surface area contributed by atoms with Crippen molar-refractivity contribution in [1.82, 2.24) is 10.2 Å². The standard InChI is InChI=1S/C29H34ClN3O4S/c1-6-26(29(35)31-5)32(18-23-10-12-24(30)13-11-23)28(34)19-33(27-16-9-21(3)17-22(27)4)38(36,37)25-14-7-20(2)8-15-25/h7-17,26H,6,18-19H2,1-5H3,(H,31,35). The maximum Gasteiger partial charge on any atom is 0.264 e. The molecule has 202 valence electrons. The molecule has 0 heterocycles. The highest BCUT2D eigenvalue weighted by Crippen LogP contribution is 2.28. The number of aryl methyl sites for hydroxylation is 3. The SMILES string of the molecule is CCC(C(=O)NC)N(Cc1ccc(Cl)cc1)C(=O)CN(c1ccc(C)cc1C)S(=O)(=O)c1ccc(C)cc1. The van der Waals surface area contributed by atoms with Crippen molar-refractivity contribution in [3.05, 3.63) is 94.0 Å². The second-order valence-electron chi connectivity index (χ2n) is 9.30. The molecular formula is C29H34ClN3O4S. The lowest BCUT2D eigenvalue weighted by atomic mass is 10.1. The zero-order valence-corrected chi connectivity index (χ0v) is 23.9. The van der Waals surface area contributed by atoms with Gasteiger partial charge in [-0.05, 0) is 68.7 Å². The van der Waals surface area contributed by atoms with Crippen molar-refractivity contribution in [2.45, 2.75) is 51.6 Å². The van der Waals surface area contributed by atoms with Gasteiger partial charge in [-0.15, -0.1) is 0 Å². The van der Waals surface area contributed by atoms with E-state index in [2.05, 4.69) is 5.32 Å². The fourth-order valence-electron chi connectivity index (χ4n) is 4.31. The summed E-state index contributed by atoms with van der Waals surface area (Å²) in [5, 5.41) is 3.17. The second kappa shape index (κ2) is 12.5. The van der Waals surface area contributed by atoms with Crippen LogP contribution >= 0.6 is 11.6 Å². The van der Waals surface area contributed by atoms with Gasteiger partial charge in [-0.25, -0.2) is 8.42 Å². The van der Waals surface area contributed by atoms with E-state index in [4.69, 9.17) is 11.6 Å². The van der Waals surface area contributed by atoms with Crippen molar-refractivity contribution >= 4 is 39.1 Å². The molecule has 0 aliphatic rings. The molecule has 1 unspecified atom stereocenters. The predicted octanol–water partition coefficient (Wildman–Crippen LogP) is 5.01. The van der Waals surface area contributed by atoms with Gasteiger partial charge in [-0.2, -0.15) is 0 Å². The molecule has 0 aromatic heterocycles. The Balaban J connectivity index is 2.09. The number of hydrogen-bond donors (Lipinski definition) is 1. The molecule has 3 rings (SSSR count). The van der Waals surface area contributed by atoms with E-state index in [9.17, 15) is 18.0 Å². The lowest BCUT2D eigenvalue weighted by Crippen LogP contribution is -2.51. The number of sulfonamides is 1. The Morgan fingerprint density at radius 2 is 1.53 bits per heavy atom. The quantitative estimate of drug-likeness (QED) is 0.381. The highest BCUT2D eigenvalue weighted by molar-refractivity contribution is 7.92. The van der Waals surface area contributed by atoms with Crippen LogP contribution in [-0.2, 0) is 26.2 Å². The van der Waals surface area contributed by atoms with Gasteiger partial charge >= 0.3 is 0 Å². The average Bonchev–Trinajstić information content (AvgIpc) is 2.88. The third kappa shape index (κ3) is 6.74. The average molecular weight is 556 g/mol. The molecular weight excluding hydrogens is 522 g/mol. The summed E-state index contributed by atoms with van der Waals surface area (Å²) < 4.78 is 29.0. The van der Waals surface area contributed by atoms with Crippen LogP contribution in [0.1, 0.15) is 35.6 Å². The van der Waals surface area contributed by atoms with E-state index in [0.717, 1.165) is 26.6 Å². The molecule has 9 heteroatoms. The van der Waals surface area contributed by atoms with Crippen LogP contribution in [0.15, 0.2) is 71.6 Å². The lowest BCUT2D eigenvalue weighted by Gasteiger charge is -2.33. The van der Waals surface area contributed by atoms with Gasteiger partial charge in [-0.3, -0.25) is 13.9 Å². The number of benzene rings is 3. The molecule has 0 spiro atoms. The Kier molecular flexibility index (Phi) is 9.57. The lowest BCUT2D eigenvalue weighted by molar-refractivity contribution is -0.140. The molecule has 3 aromatic carbocycles. The first-order valence-electron chi connectivity index (χ1n) is 12.4. The van der Waals surface area contributed by atoms with Gasteiger partial charge in [0.2, 0.25) is 11.8 Å². The van der Waals surface area contributed by atoms with E-state index in [1.807, 2.05) is 39.8 Å². The summed E-state index contributed by atoms with van der Waals surface area (Å²) in [6.07, 6.45) is 0.354. The summed E-state index contributed by atoms with van der Waals surface area (Å²) in [5.74, 6) is -0.819. The monoisotopic (exact) mass is 555 g/mol. The Bertz CT molecular complexity index is 1390. The number of halogens is 1. The van der Waals surface area contributed by atoms with Crippen molar-refractivity contribution in [1.29, 1.82) is 0 Å². The van der Waals surface area contributed by atoms with Gasteiger partial charge in [0.1, 0.15) is 12.6 Å². The van der Waals surface area contributed by atoms with Gasteiger partial charge in [-0.1, -0.05) is 66.0 Å². The molecule has 2 amide bonds. The van der Waals surface area contributed by atoms with Crippen LogP contribution in [0.2, 0.25) is 5.02 Å². The third-order valence-corrected chi connectivity index (χ3v) is 8.43. The van der Waals surface area contributed by atoms with Crippen LogP contribution in [0.4, 0.5) is 5.69 Å². The van der Waals surface area contributed by atoms with E-state index in [1.54, 1.807) is 42.5 Å². The normalized spacial score (nSPS) is 12.1. The predicted molar refractivity (Wildman–Crippen MR) is 152 cm³/mol. The number of carbonyl (C=O) groups excluding carboxylic acids is 2. The summed E-state index contributed by atoms with van der Waals surface area (Å²) in [6, 6.07) is 18.1. The fourth-order valence-corrected chi connectivity index (χ4v) is 5.91. The first-order valence-corrected chi connectivity index (χ1v) is 14.2. The van der Waals surface area contributed by atoms with Crippen LogP contribution in [0.25, 0.3) is 0 Å². The van der Waals surface area contributed by atoms with Crippen molar-refractivity contribution in [3.8, 4) is 0 Å². The van der Waals surface area contributed by atoms with Crippen LogP contribution in [-0.4, -0.2) is 44.8 Å². The number of nitrogens with one attached hydrogen (secondary N) is 1. The van der Waals surface area contributed by atoms with Gasteiger partial charge in [0.25, 0.3) is 10.0 Å². The summed E-state index contributed by atoms with van der Waals surface area (Å²) in [6.45, 7) is 7.07. The molecule has 0 bridgehead atoms. The molecule has 0 radical (unpaired) electrons. The minimum atomic E-state index is -4.10. The highest BCUT2D eigenvalue weighted by Gasteiger charge is 2.33. The van der Waals surface area contributed by atoms with Crippen LogP contribution < -0.4 is 9.62 Å². The zero-order valence-electron chi connectivity index (χ0n) is 22.4. The number of nitrogens with zero attached hydrogens (tertiary/aromatic N) is 2. The molecule has 1 N–H and O–H groups in total. The zero-order chi connectivity index (χ0) is 28.0. The van der Waals surface area contributed by atoms with Gasteiger partial charge in [0.15, 0.2) is 0 Å². The molecule has 0 fully saturated rings. The Labute approximate surface area is 230 Å². The summed E-state index contributed by atoms with van der Waals surface area (Å²) >= 11 is 6.04. The fraction of sp³-hybridized carbons (Fsp3) is 0.310. The molecule has 0 aliphatic heterocycles. The Morgan fingerprint density at radius 1 is 0.921 bits per heavy atom. The number of likely N-dealkylation sites (N-methyl/N-ethyl adjacent to an activating group) is 1. The van der Waals surface area contributed by atoms with E-state index < -0.39 is 28.5 Å². The first-order chi connectivity index (χ1) is 18.0. The molecule has 0 aliphatic carbocycles. The maximum absolute atomic E-state index is 13.9. The molecule has 3 aromatic rings. The molecule has 38 heavy (non-hydrogen) atoms. The second-order valence-corrected chi connectivity index (χ2v) is 11.6. The summed E-state index contributed by atoms with van der Waals surface area (Å²) in [5.41, 5.74) is 3.79. The van der Waals surface area contributed by atoms with Crippen LogP contribution in [0, 0.1) is 20.8 Å². The van der Waals surface area contributed by atoms with Crippen molar-refractivity contribution in [3.63, 3.8) is 0 Å². The van der Waals surface area contributed by atoms with E-state index in [1.165, 1.54) is 24.1 Å². The van der Waals surface area contributed by atoms with Gasteiger partial charge < -0.3 is 10.2 Å². The minimum absolute atomic E-state index is 0.0819.